The van der Waals surface area contributed by atoms with Gasteiger partial charge in [0.15, 0.2) is 5.69 Å². The molecule has 2 aromatic heterocycles. The minimum Gasteiger partial charge on any atom is -0.476 e. The zero-order chi connectivity index (χ0) is 15.2. The first-order valence-corrected chi connectivity index (χ1v) is 7.58. The molecule has 0 saturated carbocycles. The second-order valence-corrected chi connectivity index (χ2v) is 5.76. The number of rotatable bonds is 6. The highest BCUT2D eigenvalue weighted by Crippen LogP contribution is 2.09. The van der Waals surface area contributed by atoms with Crippen LogP contribution in [0.25, 0.3) is 0 Å². The van der Waals surface area contributed by atoms with Crippen LogP contribution in [0, 0.1) is 0 Å². The molecule has 0 fully saturated rings. The lowest BCUT2D eigenvalue weighted by Gasteiger charge is -2.04. The summed E-state index contributed by atoms with van der Waals surface area (Å²) in [5, 5.41) is 17.4. The van der Waals surface area contributed by atoms with Crippen molar-refractivity contribution in [2.45, 2.75) is 6.54 Å². The lowest BCUT2D eigenvalue weighted by atomic mass is 10.4. The molecule has 110 valence electrons. The van der Waals surface area contributed by atoms with Gasteiger partial charge < -0.3 is 15.7 Å². The maximum Gasteiger partial charge on any atom is 0.355 e. The van der Waals surface area contributed by atoms with Crippen LogP contribution in [0.3, 0.4) is 0 Å². The molecule has 2 heterocycles. The van der Waals surface area contributed by atoms with Gasteiger partial charge in [-0.25, -0.2) is 9.78 Å². The van der Waals surface area contributed by atoms with E-state index in [1.54, 1.807) is 17.5 Å². The second kappa shape index (κ2) is 6.95. The summed E-state index contributed by atoms with van der Waals surface area (Å²) < 4.78 is 0. The largest absolute Gasteiger partial charge is 0.476 e. The molecular weight excluding hydrogens is 314 g/mol. The van der Waals surface area contributed by atoms with Crippen LogP contribution < -0.4 is 10.6 Å². The quantitative estimate of drug-likeness (QED) is 0.733. The Kier molecular flexibility index (Phi) is 5.01. The van der Waals surface area contributed by atoms with Crippen LogP contribution in [0.15, 0.2) is 22.9 Å². The van der Waals surface area contributed by atoms with Crippen molar-refractivity contribution in [1.82, 2.24) is 15.6 Å². The van der Waals surface area contributed by atoms with Crippen molar-refractivity contribution in [3.05, 3.63) is 38.5 Å². The third kappa shape index (κ3) is 4.36. The standard InChI is InChI=1S/C12H11N3O4S2/c16-9(4-14-11(17)8-2-1-3-20-8)13-5-10-15-7(6-21-10)12(18)19/h1-3,6H,4-5H2,(H,13,16)(H,14,17)(H,18,19). The minimum atomic E-state index is -1.10. The van der Waals surface area contributed by atoms with E-state index in [0.717, 1.165) is 11.3 Å². The predicted molar refractivity (Wildman–Crippen MR) is 77.6 cm³/mol. The molecule has 7 nitrogen and oxygen atoms in total. The molecule has 0 bridgehead atoms. The van der Waals surface area contributed by atoms with E-state index >= 15 is 0 Å². The Morgan fingerprint density at radius 1 is 1.24 bits per heavy atom. The zero-order valence-corrected chi connectivity index (χ0v) is 12.3. The normalized spacial score (nSPS) is 10.1. The molecule has 0 aliphatic heterocycles. The van der Waals surface area contributed by atoms with E-state index < -0.39 is 5.97 Å². The number of hydrogen-bond acceptors (Lipinski definition) is 6. The zero-order valence-electron chi connectivity index (χ0n) is 10.7. The Labute approximate surface area is 127 Å². The summed E-state index contributed by atoms with van der Waals surface area (Å²) in [6, 6.07) is 3.42. The number of hydrogen-bond donors (Lipinski definition) is 3. The smallest absolute Gasteiger partial charge is 0.355 e. The first-order valence-electron chi connectivity index (χ1n) is 5.82. The van der Waals surface area contributed by atoms with Crippen LogP contribution in [0.2, 0.25) is 0 Å². The third-order valence-electron chi connectivity index (χ3n) is 2.36. The van der Waals surface area contributed by atoms with Crippen molar-refractivity contribution in [2.75, 3.05) is 6.54 Å². The van der Waals surface area contributed by atoms with Crippen molar-refractivity contribution < 1.29 is 19.5 Å². The number of aromatic nitrogens is 1. The number of thiophene rings is 1. The van der Waals surface area contributed by atoms with Crippen LogP contribution in [-0.4, -0.2) is 34.4 Å². The summed E-state index contributed by atoms with van der Waals surface area (Å²) in [5.41, 5.74) is -0.0461. The molecule has 9 heteroatoms. The number of carboxylic acids is 1. The first-order chi connectivity index (χ1) is 10.1. The lowest BCUT2D eigenvalue weighted by Crippen LogP contribution is -2.36. The number of nitrogens with one attached hydrogen (secondary N) is 2. The Morgan fingerprint density at radius 2 is 2.05 bits per heavy atom. The molecule has 0 atom stereocenters. The average molecular weight is 325 g/mol. The van der Waals surface area contributed by atoms with Crippen LogP contribution in [0.4, 0.5) is 0 Å². The topological polar surface area (TPSA) is 108 Å². The van der Waals surface area contributed by atoms with E-state index in [1.165, 1.54) is 16.7 Å². The van der Waals surface area contributed by atoms with Gasteiger partial charge in [0.1, 0.15) is 5.01 Å². The molecule has 3 N–H and O–H groups in total. The van der Waals surface area contributed by atoms with E-state index in [-0.39, 0.29) is 30.6 Å². The fourth-order valence-corrected chi connectivity index (χ4v) is 2.73. The molecule has 2 amide bonds. The highest BCUT2D eigenvalue weighted by molar-refractivity contribution is 7.12. The maximum absolute atomic E-state index is 11.6. The Balaban J connectivity index is 1.74. The van der Waals surface area contributed by atoms with Gasteiger partial charge in [0.2, 0.25) is 5.91 Å². The molecule has 2 aromatic rings. The van der Waals surface area contributed by atoms with E-state index in [1.807, 2.05) is 0 Å². The van der Waals surface area contributed by atoms with Gasteiger partial charge >= 0.3 is 5.97 Å². The van der Waals surface area contributed by atoms with Crippen LogP contribution in [0.5, 0.6) is 0 Å². The summed E-state index contributed by atoms with van der Waals surface area (Å²) >= 11 is 2.44. The number of carboxylic acid groups (broad SMARTS) is 1. The van der Waals surface area contributed by atoms with Crippen molar-refractivity contribution in [1.29, 1.82) is 0 Å². The van der Waals surface area contributed by atoms with E-state index in [0.29, 0.717) is 9.88 Å². The number of nitrogens with zero attached hydrogens (tertiary/aromatic N) is 1. The Morgan fingerprint density at radius 3 is 2.67 bits per heavy atom. The minimum absolute atomic E-state index is 0.0461. The maximum atomic E-state index is 11.6. The van der Waals surface area contributed by atoms with E-state index in [9.17, 15) is 14.4 Å². The SMILES string of the molecule is O=C(CNC(=O)c1cccs1)NCc1nc(C(=O)O)cs1. The molecule has 0 aliphatic carbocycles. The predicted octanol–water partition coefficient (Wildman–Crippen LogP) is 0.949. The Hall–Kier alpha value is -2.26. The molecule has 0 saturated heterocycles. The summed E-state index contributed by atoms with van der Waals surface area (Å²) in [4.78, 5) is 38.2. The van der Waals surface area contributed by atoms with Crippen molar-refractivity contribution >= 4 is 40.5 Å². The Bertz CT molecular complexity index is 651. The first kappa shape index (κ1) is 15.1. The van der Waals surface area contributed by atoms with Gasteiger partial charge in [0.05, 0.1) is 18.0 Å². The molecule has 0 radical (unpaired) electrons. The van der Waals surface area contributed by atoms with Gasteiger partial charge in [-0.05, 0) is 11.4 Å². The van der Waals surface area contributed by atoms with Crippen molar-refractivity contribution in [2.24, 2.45) is 0 Å². The number of aromatic carboxylic acids is 1. The van der Waals surface area contributed by atoms with Crippen molar-refractivity contribution in [3.63, 3.8) is 0 Å². The molecule has 0 aromatic carbocycles. The molecule has 21 heavy (non-hydrogen) atoms. The van der Waals surface area contributed by atoms with Gasteiger partial charge in [-0.3, -0.25) is 9.59 Å². The van der Waals surface area contributed by atoms with Gasteiger partial charge in [0.25, 0.3) is 5.91 Å². The number of amides is 2. The van der Waals surface area contributed by atoms with Gasteiger partial charge in [-0.1, -0.05) is 6.07 Å². The molecule has 2 rings (SSSR count). The van der Waals surface area contributed by atoms with Gasteiger partial charge in [0, 0.05) is 5.38 Å². The van der Waals surface area contributed by atoms with Gasteiger partial charge in [-0.15, -0.1) is 22.7 Å². The number of carbonyl (C=O) groups excluding carboxylic acids is 2. The second-order valence-electron chi connectivity index (χ2n) is 3.87. The van der Waals surface area contributed by atoms with E-state index in [2.05, 4.69) is 15.6 Å². The lowest BCUT2D eigenvalue weighted by molar-refractivity contribution is -0.120. The molecule has 0 spiro atoms. The number of carbonyl (C=O) groups is 3. The third-order valence-corrected chi connectivity index (χ3v) is 4.08. The number of thiazole rings is 1. The monoisotopic (exact) mass is 325 g/mol. The summed E-state index contributed by atoms with van der Waals surface area (Å²) in [5.74, 6) is -1.78. The molecule has 0 aliphatic rings. The highest BCUT2D eigenvalue weighted by atomic mass is 32.1. The van der Waals surface area contributed by atoms with Crippen molar-refractivity contribution in [3.8, 4) is 0 Å². The van der Waals surface area contributed by atoms with E-state index in [4.69, 9.17) is 5.11 Å². The fraction of sp³-hybridized carbons (Fsp3) is 0.167. The van der Waals surface area contributed by atoms with Crippen LogP contribution in [0.1, 0.15) is 25.2 Å². The fourth-order valence-electron chi connectivity index (χ4n) is 1.38. The average Bonchev–Trinajstić information content (AvgIpc) is 3.13. The molecule has 0 unspecified atom stereocenters. The van der Waals surface area contributed by atoms with Gasteiger partial charge in [-0.2, -0.15) is 0 Å². The van der Waals surface area contributed by atoms with Crippen LogP contribution in [-0.2, 0) is 11.3 Å². The summed E-state index contributed by atoms with van der Waals surface area (Å²) in [6.07, 6.45) is 0. The summed E-state index contributed by atoms with van der Waals surface area (Å²) in [7, 11) is 0. The molecular formula is C12H11N3O4S2. The van der Waals surface area contributed by atoms with Crippen LogP contribution >= 0.6 is 22.7 Å². The summed E-state index contributed by atoms with van der Waals surface area (Å²) in [6.45, 7) is -0.0143. The highest BCUT2D eigenvalue weighted by Gasteiger charge is 2.11.